The zero-order valence-electron chi connectivity index (χ0n) is 18.9. The van der Waals surface area contributed by atoms with Crippen LogP contribution in [0.5, 0.6) is 5.75 Å². The quantitative estimate of drug-likeness (QED) is 0.548. The van der Waals surface area contributed by atoms with E-state index in [1.807, 2.05) is 13.8 Å². The second-order valence-electron chi connectivity index (χ2n) is 8.83. The number of fused-ring (bicyclic) bond motifs is 1. The van der Waals surface area contributed by atoms with Crippen LogP contribution in [-0.4, -0.2) is 32.5 Å². The third-order valence-corrected chi connectivity index (χ3v) is 8.65. The Bertz CT molecular complexity index is 1040. The van der Waals surface area contributed by atoms with Crippen molar-refractivity contribution in [3.8, 4) is 5.75 Å². The Balaban J connectivity index is 2.30. The first-order valence-electron chi connectivity index (χ1n) is 11.2. The normalized spacial score (nSPS) is 21.6. The van der Waals surface area contributed by atoms with Crippen LogP contribution in [0, 0.1) is 17.0 Å². The zero-order chi connectivity index (χ0) is 23.5. The van der Waals surface area contributed by atoms with E-state index >= 15 is 0 Å². The molecule has 0 amide bonds. The number of hydrogen-bond donors (Lipinski definition) is 1. The van der Waals surface area contributed by atoms with Gasteiger partial charge in [0.1, 0.15) is 5.75 Å². The molecule has 0 saturated heterocycles. The fraction of sp³-hybridized carbons (Fsp3) is 0.520. The minimum Gasteiger partial charge on any atom is -0.497 e. The van der Waals surface area contributed by atoms with Gasteiger partial charge in [-0.1, -0.05) is 51.7 Å². The lowest BCUT2D eigenvalue weighted by Crippen LogP contribution is -2.43. The van der Waals surface area contributed by atoms with Crippen LogP contribution in [0.25, 0.3) is 0 Å². The summed E-state index contributed by atoms with van der Waals surface area (Å²) >= 11 is 0. The number of aliphatic hydroxyl groups excluding tert-OH is 1. The van der Waals surface area contributed by atoms with E-state index in [2.05, 4.69) is 0 Å². The Morgan fingerprint density at radius 1 is 1.03 bits per heavy atom. The van der Waals surface area contributed by atoms with Crippen LogP contribution in [-0.2, 0) is 9.84 Å². The summed E-state index contributed by atoms with van der Waals surface area (Å²) in [6, 6.07) is 8.26. The smallest absolute Gasteiger partial charge is 0.179 e. The van der Waals surface area contributed by atoms with Crippen LogP contribution < -0.4 is 4.74 Å². The lowest BCUT2D eigenvalue weighted by Gasteiger charge is -2.40. The topological polar surface area (TPSA) is 63.6 Å². The van der Waals surface area contributed by atoms with Gasteiger partial charge in [-0.15, -0.1) is 0 Å². The summed E-state index contributed by atoms with van der Waals surface area (Å²) in [4.78, 5) is 0.0838. The SMILES string of the molecule is CCCCC1(CCCC)CS(=O)(=O)c2cc(OC)ccc2[C@@H](c2ccc(F)c(F)c2)[C@H]1O. The Labute approximate surface area is 189 Å². The van der Waals surface area contributed by atoms with E-state index in [1.165, 1.54) is 19.2 Å². The van der Waals surface area contributed by atoms with Crippen LogP contribution in [0.3, 0.4) is 0 Å². The second kappa shape index (κ2) is 9.87. The van der Waals surface area contributed by atoms with Crippen molar-refractivity contribution in [3.05, 3.63) is 59.2 Å². The summed E-state index contributed by atoms with van der Waals surface area (Å²) in [6.45, 7) is 4.05. The van der Waals surface area contributed by atoms with Gasteiger partial charge in [-0.3, -0.25) is 0 Å². The first-order valence-corrected chi connectivity index (χ1v) is 12.9. The summed E-state index contributed by atoms with van der Waals surface area (Å²) < 4.78 is 60.5. The van der Waals surface area contributed by atoms with Crippen molar-refractivity contribution in [2.24, 2.45) is 5.41 Å². The van der Waals surface area contributed by atoms with E-state index in [1.54, 1.807) is 12.1 Å². The zero-order valence-corrected chi connectivity index (χ0v) is 19.7. The molecule has 0 spiro atoms. The van der Waals surface area contributed by atoms with E-state index < -0.39 is 38.9 Å². The molecule has 1 aliphatic rings. The molecule has 0 bridgehead atoms. The van der Waals surface area contributed by atoms with Gasteiger partial charge >= 0.3 is 0 Å². The van der Waals surface area contributed by atoms with Gasteiger partial charge in [-0.05, 0) is 48.2 Å². The van der Waals surface area contributed by atoms with Crippen molar-refractivity contribution >= 4 is 9.84 Å². The molecule has 2 aromatic carbocycles. The highest BCUT2D eigenvalue weighted by Gasteiger charge is 2.49. The van der Waals surface area contributed by atoms with Crippen molar-refractivity contribution < 1.29 is 27.0 Å². The highest BCUT2D eigenvalue weighted by atomic mass is 32.2. The first-order chi connectivity index (χ1) is 15.2. The molecule has 0 aromatic heterocycles. The Hall–Kier alpha value is -1.99. The predicted octanol–water partition coefficient (Wildman–Crippen LogP) is 5.62. The summed E-state index contributed by atoms with van der Waals surface area (Å²) in [6.07, 6.45) is 3.25. The van der Waals surface area contributed by atoms with Crippen molar-refractivity contribution in [1.82, 2.24) is 0 Å². The third-order valence-electron chi connectivity index (χ3n) is 6.67. The molecule has 0 unspecified atom stereocenters. The molecule has 0 radical (unpaired) electrons. The number of unbranched alkanes of at least 4 members (excludes halogenated alkanes) is 2. The van der Waals surface area contributed by atoms with Crippen molar-refractivity contribution in [2.75, 3.05) is 12.9 Å². The standard InChI is InChI=1S/C25H32F2O4S/c1-4-6-12-25(13-7-5-2)16-32(29,30)22-15-18(31-3)9-10-19(22)23(24(25)28)17-8-11-20(26)21(27)14-17/h8-11,14-15,23-24,28H,4-7,12-13,16H2,1-3H3/t23-,24-/m1/s1. The number of methoxy groups -OCH3 is 1. The van der Waals surface area contributed by atoms with Crippen LogP contribution >= 0.6 is 0 Å². The number of halogens is 2. The number of rotatable bonds is 8. The number of hydrogen-bond acceptors (Lipinski definition) is 4. The van der Waals surface area contributed by atoms with Gasteiger partial charge in [-0.2, -0.15) is 0 Å². The Morgan fingerprint density at radius 3 is 2.25 bits per heavy atom. The third kappa shape index (κ3) is 4.69. The molecule has 4 nitrogen and oxygen atoms in total. The lowest BCUT2D eigenvalue weighted by molar-refractivity contribution is 0.0126. The predicted molar refractivity (Wildman–Crippen MR) is 121 cm³/mol. The molecule has 0 aliphatic carbocycles. The maximum absolute atomic E-state index is 14.2. The molecular weight excluding hydrogens is 434 g/mol. The highest BCUT2D eigenvalue weighted by molar-refractivity contribution is 7.91. The van der Waals surface area contributed by atoms with Gasteiger partial charge in [0, 0.05) is 11.3 Å². The Morgan fingerprint density at radius 2 is 1.69 bits per heavy atom. The average molecular weight is 467 g/mol. The fourth-order valence-electron chi connectivity index (χ4n) is 4.92. The molecule has 32 heavy (non-hydrogen) atoms. The van der Waals surface area contributed by atoms with Gasteiger partial charge in [-0.25, -0.2) is 17.2 Å². The number of aliphatic hydroxyl groups is 1. The van der Waals surface area contributed by atoms with E-state index in [-0.39, 0.29) is 10.6 Å². The maximum atomic E-state index is 14.2. The molecule has 2 aromatic rings. The first kappa shape index (κ1) is 24.6. The Kier molecular flexibility index (Phi) is 7.61. The largest absolute Gasteiger partial charge is 0.497 e. The summed E-state index contributed by atoms with van der Waals surface area (Å²) in [7, 11) is -2.32. The second-order valence-corrected chi connectivity index (χ2v) is 10.8. The molecule has 176 valence electrons. The monoisotopic (exact) mass is 466 g/mol. The highest BCUT2D eigenvalue weighted by Crippen LogP contribution is 2.50. The van der Waals surface area contributed by atoms with Crippen molar-refractivity contribution in [2.45, 2.75) is 69.3 Å². The molecule has 1 heterocycles. The minimum absolute atomic E-state index is 0.0838. The van der Waals surface area contributed by atoms with E-state index in [9.17, 15) is 22.3 Å². The van der Waals surface area contributed by atoms with Crippen molar-refractivity contribution in [1.29, 1.82) is 0 Å². The molecule has 1 aliphatic heterocycles. The fourth-order valence-corrected chi connectivity index (χ4v) is 7.15. The molecule has 0 fully saturated rings. The summed E-state index contributed by atoms with van der Waals surface area (Å²) in [5.74, 6) is -2.62. The average Bonchev–Trinajstić information content (AvgIpc) is 2.84. The van der Waals surface area contributed by atoms with Gasteiger partial charge in [0.05, 0.1) is 23.9 Å². The van der Waals surface area contributed by atoms with Gasteiger partial charge in [0.2, 0.25) is 0 Å². The summed E-state index contributed by atoms with van der Waals surface area (Å²) in [5, 5.41) is 11.8. The maximum Gasteiger partial charge on any atom is 0.179 e. The molecule has 1 N–H and O–H groups in total. The van der Waals surface area contributed by atoms with E-state index in [0.717, 1.165) is 37.8 Å². The number of benzene rings is 2. The summed E-state index contributed by atoms with van der Waals surface area (Å²) in [5.41, 5.74) is -0.149. The van der Waals surface area contributed by atoms with Crippen LogP contribution in [0.1, 0.15) is 69.4 Å². The molecule has 0 saturated carbocycles. The molecule has 3 rings (SSSR count). The van der Waals surface area contributed by atoms with E-state index in [0.29, 0.717) is 29.7 Å². The minimum atomic E-state index is -3.78. The van der Waals surface area contributed by atoms with Gasteiger partial charge in [0.15, 0.2) is 21.5 Å². The van der Waals surface area contributed by atoms with E-state index in [4.69, 9.17) is 4.74 Å². The van der Waals surface area contributed by atoms with Gasteiger partial charge < -0.3 is 9.84 Å². The van der Waals surface area contributed by atoms with Gasteiger partial charge in [0.25, 0.3) is 0 Å². The van der Waals surface area contributed by atoms with Crippen LogP contribution in [0.2, 0.25) is 0 Å². The van der Waals surface area contributed by atoms with Crippen LogP contribution in [0.4, 0.5) is 8.78 Å². The van der Waals surface area contributed by atoms with Crippen molar-refractivity contribution in [3.63, 3.8) is 0 Å². The molecular formula is C25H32F2O4S. The molecule has 2 atom stereocenters. The lowest BCUT2D eigenvalue weighted by atomic mass is 9.68. The molecule has 7 heteroatoms. The number of ether oxygens (including phenoxy) is 1. The van der Waals surface area contributed by atoms with Crippen LogP contribution in [0.15, 0.2) is 41.3 Å². The number of sulfone groups is 1.